The van der Waals surface area contributed by atoms with E-state index in [0.29, 0.717) is 12.5 Å². The lowest BCUT2D eigenvalue weighted by atomic mass is 10.1. The highest BCUT2D eigenvalue weighted by Crippen LogP contribution is 2.31. The van der Waals surface area contributed by atoms with Gasteiger partial charge in [-0.3, -0.25) is 4.68 Å². The van der Waals surface area contributed by atoms with Crippen LogP contribution in [-0.2, 0) is 7.05 Å². The number of rotatable bonds is 4. The summed E-state index contributed by atoms with van der Waals surface area (Å²) in [6, 6.07) is 4.07. The zero-order chi connectivity index (χ0) is 13.3. The first kappa shape index (κ1) is 12.9. The van der Waals surface area contributed by atoms with E-state index in [2.05, 4.69) is 18.9 Å². The molecule has 18 heavy (non-hydrogen) atoms. The molecule has 0 amide bonds. The monoisotopic (exact) mass is 247 g/mol. The fourth-order valence-electron chi connectivity index (χ4n) is 2.27. The summed E-state index contributed by atoms with van der Waals surface area (Å²) in [5.74, 6) is 2.26. The summed E-state index contributed by atoms with van der Waals surface area (Å²) in [4.78, 5) is 0. The summed E-state index contributed by atoms with van der Waals surface area (Å²) >= 11 is 0. The number of aromatic nitrogens is 2. The summed E-state index contributed by atoms with van der Waals surface area (Å²) in [7, 11) is 1.95. The highest BCUT2D eigenvalue weighted by atomic mass is 16.3. The summed E-state index contributed by atoms with van der Waals surface area (Å²) < 4.78 is 7.84. The maximum atomic E-state index is 5.95. The molecule has 0 spiro atoms. The zero-order valence-electron chi connectivity index (χ0n) is 11.5. The predicted molar refractivity (Wildman–Crippen MR) is 72.5 cm³/mol. The van der Waals surface area contributed by atoms with Gasteiger partial charge in [0.1, 0.15) is 11.5 Å². The van der Waals surface area contributed by atoms with E-state index in [9.17, 15) is 0 Å². The minimum absolute atomic E-state index is 0.362. The molecule has 98 valence electrons. The average molecular weight is 247 g/mol. The first-order valence-corrected chi connectivity index (χ1v) is 6.35. The van der Waals surface area contributed by atoms with E-state index < -0.39 is 0 Å². The third-order valence-corrected chi connectivity index (χ3v) is 3.47. The Bertz CT molecular complexity index is 539. The molecule has 2 aromatic rings. The van der Waals surface area contributed by atoms with Crippen LogP contribution in [0.2, 0.25) is 0 Å². The van der Waals surface area contributed by atoms with Crippen molar-refractivity contribution in [2.45, 2.75) is 33.1 Å². The quantitative estimate of drug-likeness (QED) is 0.903. The molecule has 0 radical (unpaired) electrons. The molecule has 0 aliphatic heterocycles. The van der Waals surface area contributed by atoms with Gasteiger partial charge in [-0.2, -0.15) is 5.10 Å². The number of furan rings is 1. The summed E-state index contributed by atoms with van der Waals surface area (Å²) in [6.45, 7) is 6.88. The van der Waals surface area contributed by atoms with Crippen molar-refractivity contribution in [1.29, 1.82) is 0 Å². The number of hydrogen-bond acceptors (Lipinski definition) is 3. The lowest BCUT2D eigenvalue weighted by Crippen LogP contribution is -2.03. The van der Waals surface area contributed by atoms with Crippen LogP contribution in [0.4, 0.5) is 0 Å². The first-order chi connectivity index (χ1) is 8.54. The summed E-state index contributed by atoms with van der Waals surface area (Å²) in [5.41, 5.74) is 8.81. The molecular formula is C14H21N3O. The molecule has 1 unspecified atom stereocenters. The standard InChI is InChI=1S/C14H21N3O/c1-9(7-8-15)12-5-6-13(18-12)14-10(2)16-17(4)11(14)3/h5-6,9H,7-8,15H2,1-4H3. The molecule has 0 bridgehead atoms. The van der Waals surface area contributed by atoms with Crippen molar-refractivity contribution >= 4 is 0 Å². The van der Waals surface area contributed by atoms with Crippen molar-refractivity contribution in [3.05, 3.63) is 29.3 Å². The number of hydrogen-bond donors (Lipinski definition) is 1. The van der Waals surface area contributed by atoms with Crippen LogP contribution >= 0.6 is 0 Å². The Morgan fingerprint density at radius 2 is 2.11 bits per heavy atom. The maximum Gasteiger partial charge on any atom is 0.137 e. The van der Waals surface area contributed by atoms with E-state index in [-0.39, 0.29) is 0 Å². The molecule has 0 aliphatic carbocycles. The van der Waals surface area contributed by atoms with Gasteiger partial charge < -0.3 is 10.2 Å². The van der Waals surface area contributed by atoms with Gasteiger partial charge in [0.15, 0.2) is 0 Å². The molecule has 4 nitrogen and oxygen atoms in total. The van der Waals surface area contributed by atoms with Crippen LogP contribution in [0.25, 0.3) is 11.3 Å². The Balaban J connectivity index is 2.35. The van der Waals surface area contributed by atoms with Crippen molar-refractivity contribution in [2.75, 3.05) is 6.54 Å². The second-order valence-electron chi connectivity index (χ2n) is 4.85. The van der Waals surface area contributed by atoms with E-state index in [4.69, 9.17) is 10.2 Å². The van der Waals surface area contributed by atoms with Gasteiger partial charge >= 0.3 is 0 Å². The largest absolute Gasteiger partial charge is 0.461 e. The first-order valence-electron chi connectivity index (χ1n) is 6.35. The van der Waals surface area contributed by atoms with E-state index >= 15 is 0 Å². The minimum Gasteiger partial charge on any atom is -0.461 e. The van der Waals surface area contributed by atoms with Gasteiger partial charge in [-0.25, -0.2) is 0 Å². The molecule has 2 heterocycles. The Morgan fingerprint density at radius 3 is 2.67 bits per heavy atom. The molecular weight excluding hydrogens is 226 g/mol. The van der Waals surface area contributed by atoms with Gasteiger partial charge in [-0.1, -0.05) is 6.92 Å². The molecule has 0 saturated carbocycles. The van der Waals surface area contributed by atoms with Crippen molar-refractivity contribution in [2.24, 2.45) is 12.8 Å². The molecule has 0 aliphatic rings. The molecule has 4 heteroatoms. The topological polar surface area (TPSA) is 57.0 Å². The van der Waals surface area contributed by atoms with Crippen LogP contribution in [0.3, 0.4) is 0 Å². The van der Waals surface area contributed by atoms with Gasteiger partial charge in [-0.15, -0.1) is 0 Å². The van der Waals surface area contributed by atoms with Gasteiger partial charge in [-0.05, 0) is 38.9 Å². The lowest BCUT2D eigenvalue weighted by Gasteiger charge is -2.05. The van der Waals surface area contributed by atoms with Crippen molar-refractivity contribution in [3.8, 4) is 11.3 Å². The molecule has 2 aromatic heterocycles. The Labute approximate surface area is 108 Å². The van der Waals surface area contributed by atoms with E-state index in [0.717, 1.165) is 34.9 Å². The number of nitrogens with zero attached hydrogens (tertiary/aromatic N) is 2. The van der Waals surface area contributed by atoms with Crippen LogP contribution < -0.4 is 5.73 Å². The van der Waals surface area contributed by atoms with Crippen LogP contribution in [0, 0.1) is 13.8 Å². The summed E-state index contributed by atoms with van der Waals surface area (Å²) in [6.07, 6.45) is 0.942. The Kier molecular flexibility index (Phi) is 3.57. The van der Waals surface area contributed by atoms with E-state index in [1.807, 2.05) is 30.8 Å². The zero-order valence-corrected chi connectivity index (χ0v) is 11.5. The van der Waals surface area contributed by atoms with Crippen molar-refractivity contribution < 1.29 is 4.42 Å². The SMILES string of the molecule is Cc1nn(C)c(C)c1-c1ccc(C(C)CCN)o1. The molecule has 0 aromatic carbocycles. The second-order valence-corrected chi connectivity index (χ2v) is 4.85. The normalized spacial score (nSPS) is 12.9. The van der Waals surface area contributed by atoms with Crippen LogP contribution in [0.1, 0.15) is 36.4 Å². The fraction of sp³-hybridized carbons (Fsp3) is 0.500. The Morgan fingerprint density at radius 1 is 1.39 bits per heavy atom. The van der Waals surface area contributed by atoms with Gasteiger partial charge in [0.25, 0.3) is 0 Å². The third-order valence-electron chi connectivity index (χ3n) is 3.47. The summed E-state index contributed by atoms with van der Waals surface area (Å²) in [5, 5.41) is 4.41. The van der Waals surface area contributed by atoms with Gasteiger partial charge in [0, 0.05) is 18.7 Å². The highest BCUT2D eigenvalue weighted by molar-refractivity contribution is 5.63. The molecule has 2 N–H and O–H groups in total. The molecule has 1 atom stereocenters. The number of nitrogens with two attached hydrogens (primary N) is 1. The predicted octanol–water partition coefficient (Wildman–Crippen LogP) is 2.75. The van der Waals surface area contributed by atoms with Crippen LogP contribution in [0.15, 0.2) is 16.5 Å². The van der Waals surface area contributed by atoms with E-state index in [1.54, 1.807) is 0 Å². The lowest BCUT2D eigenvalue weighted by molar-refractivity contribution is 0.473. The van der Waals surface area contributed by atoms with Crippen molar-refractivity contribution in [1.82, 2.24) is 9.78 Å². The molecule has 0 saturated heterocycles. The second kappa shape index (κ2) is 4.98. The smallest absolute Gasteiger partial charge is 0.137 e. The minimum atomic E-state index is 0.362. The van der Waals surface area contributed by atoms with E-state index in [1.165, 1.54) is 0 Å². The number of aryl methyl sites for hydroxylation is 2. The highest BCUT2D eigenvalue weighted by Gasteiger charge is 2.17. The molecule has 0 fully saturated rings. The maximum absolute atomic E-state index is 5.95. The van der Waals surface area contributed by atoms with Crippen LogP contribution in [-0.4, -0.2) is 16.3 Å². The molecule has 2 rings (SSSR count). The van der Waals surface area contributed by atoms with Gasteiger partial charge in [0.2, 0.25) is 0 Å². The average Bonchev–Trinajstić information content (AvgIpc) is 2.86. The third kappa shape index (κ3) is 2.20. The van der Waals surface area contributed by atoms with Gasteiger partial charge in [0.05, 0.1) is 11.3 Å². The van der Waals surface area contributed by atoms with Crippen LogP contribution in [0.5, 0.6) is 0 Å². The fourth-order valence-corrected chi connectivity index (χ4v) is 2.27. The Hall–Kier alpha value is -1.55. The van der Waals surface area contributed by atoms with Crippen molar-refractivity contribution in [3.63, 3.8) is 0 Å².